The van der Waals surface area contributed by atoms with Gasteiger partial charge in [0.15, 0.2) is 0 Å². The SMILES string of the molecule is NNC(Cc1cccc(Cl)c1)C1=CCCO1. The second kappa shape index (κ2) is 5.34. The van der Waals surface area contributed by atoms with E-state index in [1.807, 2.05) is 24.3 Å². The molecule has 4 heteroatoms. The van der Waals surface area contributed by atoms with Gasteiger partial charge in [-0.1, -0.05) is 23.7 Å². The number of rotatable bonds is 4. The zero-order valence-corrected chi connectivity index (χ0v) is 9.70. The lowest BCUT2D eigenvalue weighted by Crippen LogP contribution is -2.38. The topological polar surface area (TPSA) is 47.3 Å². The lowest BCUT2D eigenvalue weighted by atomic mass is 10.0. The Bertz CT molecular complexity index is 392. The Morgan fingerprint density at radius 2 is 2.38 bits per heavy atom. The molecule has 0 spiro atoms. The van der Waals surface area contributed by atoms with E-state index in [-0.39, 0.29) is 6.04 Å². The standard InChI is InChI=1S/C12H15ClN2O/c13-10-4-1-3-9(7-10)8-11(15-14)12-5-2-6-16-12/h1,3-5,7,11,15H,2,6,8,14H2. The minimum Gasteiger partial charge on any atom is -0.496 e. The van der Waals surface area contributed by atoms with Crippen molar-refractivity contribution in [1.29, 1.82) is 0 Å². The van der Waals surface area contributed by atoms with Gasteiger partial charge in [0, 0.05) is 11.4 Å². The molecule has 3 nitrogen and oxygen atoms in total. The number of nitrogens with two attached hydrogens (primary N) is 1. The predicted octanol–water partition coefficient (Wildman–Crippen LogP) is 2.02. The van der Waals surface area contributed by atoms with Gasteiger partial charge >= 0.3 is 0 Å². The number of benzene rings is 1. The van der Waals surface area contributed by atoms with Gasteiger partial charge in [-0.15, -0.1) is 0 Å². The van der Waals surface area contributed by atoms with Crippen LogP contribution < -0.4 is 11.3 Å². The molecule has 0 saturated heterocycles. The molecule has 2 rings (SSSR count). The molecule has 1 aliphatic rings. The summed E-state index contributed by atoms with van der Waals surface area (Å²) in [6, 6.07) is 7.81. The fraction of sp³-hybridized carbons (Fsp3) is 0.333. The van der Waals surface area contributed by atoms with Crippen molar-refractivity contribution in [2.45, 2.75) is 18.9 Å². The van der Waals surface area contributed by atoms with E-state index in [4.69, 9.17) is 22.2 Å². The molecule has 1 aromatic carbocycles. The first-order valence-electron chi connectivity index (χ1n) is 5.33. The molecular formula is C12H15ClN2O. The van der Waals surface area contributed by atoms with Gasteiger partial charge in [0.05, 0.1) is 12.6 Å². The largest absolute Gasteiger partial charge is 0.496 e. The number of hydrogen-bond acceptors (Lipinski definition) is 3. The molecule has 1 aliphatic heterocycles. The molecule has 0 bridgehead atoms. The third-order valence-electron chi connectivity index (χ3n) is 2.61. The van der Waals surface area contributed by atoms with Crippen molar-refractivity contribution in [3.8, 4) is 0 Å². The third-order valence-corrected chi connectivity index (χ3v) is 2.84. The van der Waals surface area contributed by atoms with Crippen LogP contribution in [0.5, 0.6) is 0 Å². The highest BCUT2D eigenvalue weighted by molar-refractivity contribution is 6.30. The van der Waals surface area contributed by atoms with Crippen molar-refractivity contribution in [2.75, 3.05) is 6.61 Å². The van der Waals surface area contributed by atoms with E-state index >= 15 is 0 Å². The molecule has 0 aromatic heterocycles. The Hall–Kier alpha value is -1.03. The molecule has 1 aromatic rings. The smallest absolute Gasteiger partial charge is 0.111 e. The summed E-state index contributed by atoms with van der Waals surface area (Å²) < 4.78 is 5.49. The summed E-state index contributed by atoms with van der Waals surface area (Å²) in [4.78, 5) is 0. The van der Waals surface area contributed by atoms with E-state index in [1.54, 1.807) is 0 Å². The molecule has 0 amide bonds. The first kappa shape index (κ1) is 11.5. The molecule has 1 atom stereocenters. The Morgan fingerprint density at radius 1 is 1.50 bits per heavy atom. The summed E-state index contributed by atoms with van der Waals surface area (Å²) in [5.41, 5.74) is 3.92. The van der Waals surface area contributed by atoms with E-state index in [0.717, 1.165) is 35.8 Å². The van der Waals surface area contributed by atoms with Gasteiger partial charge in [-0.3, -0.25) is 5.84 Å². The molecule has 1 unspecified atom stereocenters. The second-order valence-electron chi connectivity index (χ2n) is 3.80. The highest BCUT2D eigenvalue weighted by Crippen LogP contribution is 2.18. The number of halogens is 1. The fourth-order valence-corrected chi connectivity index (χ4v) is 2.03. The van der Waals surface area contributed by atoms with E-state index < -0.39 is 0 Å². The number of nitrogens with one attached hydrogen (secondary N) is 1. The van der Waals surface area contributed by atoms with Gasteiger partial charge in [-0.2, -0.15) is 0 Å². The van der Waals surface area contributed by atoms with Crippen LogP contribution in [-0.2, 0) is 11.2 Å². The zero-order valence-electron chi connectivity index (χ0n) is 8.95. The Morgan fingerprint density at radius 3 is 3.00 bits per heavy atom. The minimum atomic E-state index is 0.0287. The lowest BCUT2D eigenvalue weighted by molar-refractivity contribution is 0.214. The summed E-state index contributed by atoms with van der Waals surface area (Å²) in [5, 5.41) is 0.745. The van der Waals surface area contributed by atoms with Gasteiger partial charge in [0.2, 0.25) is 0 Å². The highest BCUT2D eigenvalue weighted by Gasteiger charge is 2.17. The van der Waals surface area contributed by atoms with Gasteiger partial charge in [-0.25, -0.2) is 5.43 Å². The molecule has 1 heterocycles. The Balaban J connectivity index is 2.06. The van der Waals surface area contributed by atoms with Crippen LogP contribution in [0.3, 0.4) is 0 Å². The molecular weight excluding hydrogens is 224 g/mol. The summed E-state index contributed by atoms with van der Waals surface area (Å²) in [5.74, 6) is 6.47. The monoisotopic (exact) mass is 238 g/mol. The maximum Gasteiger partial charge on any atom is 0.111 e. The molecule has 0 aliphatic carbocycles. The van der Waals surface area contributed by atoms with Crippen LogP contribution in [0.4, 0.5) is 0 Å². The summed E-state index contributed by atoms with van der Waals surface area (Å²) in [7, 11) is 0. The summed E-state index contributed by atoms with van der Waals surface area (Å²) in [6.45, 7) is 0.753. The normalized spacial score (nSPS) is 16.8. The maximum atomic E-state index is 5.93. The van der Waals surface area contributed by atoms with E-state index in [9.17, 15) is 0 Å². The zero-order chi connectivity index (χ0) is 11.4. The van der Waals surface area contributed by atoms with Crippen LogP contribution in [0.15, 0.2) is 36.1 Å². The van der Waals surface area contributed by atoms with Crippen LogP contribution in [0.2, 0.25) is 5.02 Å². The Labute approximate surface area is 100 Å². The van der Waals surface area contributed by atoms with E-state index in [1.165, 1.54) is 0 Å². The highest BCUT2D eigenvalue weighted by atomic mass is 35.5. The first-order valence-corrected chi connectivity index (χ1v) is 5.71. The fourth-order valence-electron chi connectivity index (χ4n) is 1.82. The van der Waals surface area contributed by atoms with Crippen LogP contribution in [-0.4, -0.2) is 12.6 Å². The summed E-state index contributed by atoms with van der Waals surface area (Å²) >= 11 is 5.93. The van der Waals surface area contributed by atoms with Crippen molar-refractivity contribution < 1.29 is 4.74 Å². The van der Waals surface area contributed by atoms with Crippen molar-refractivity contribution in [3.63, 3.8) is 0 Å². The van der Waals surface area contributed by atoms with Crippen LogP contribution in [0.1, 0.15) is 12.0 Å². The second-order valence-corrected chi connectivity index (χ2v) is 4.23. The molecule has 0 fully saturated rings. The number of ether oxygens (including phenoxy) is 1. The third kappa shape index (κ3) is 2.76. The average Bonchev–Trinajstić information content (AvgIpc) is 2.79. The predicted molar refractivity (Wildman–Crippen MR) is 64.9 cm³/mol. The van der Waals surface area contributed by atoms with E-state index in [2.05, 4.69) is 11.5 Å². The van der Waals surface area contributed by atoms with Crippen LogP contribution >= 0.6 is 11.6 Å². The summed E-state index contributed by atoms with van der Waals surface area (Å²) in [6.07, 6.45) is 3.82. The molecule has 0 saturated carbocycles. The molecule has 3 N–H and O–H groups in total. The number of hydrogen-bond donors (Lipinski definition) is 2. The van der Waals surface area contributed by atoms with Gasteiger partial charge in [-0.05, 0) is 30.2 Å². The Kier molecular flexibility index (Phi) is 3.83. The molecule has 16 heavy (non-hydrogen) atoms. The van der Waals surface area contributed by atoms with Crippen molar-refractivity contribution in [1.82, 2.24) is 5.43 Å². The lowest BCUT2D eigenvalue weighted by Gasteiger charge is -2.17. The molecule has 0 radical (unpaired) electrons. The van der Waals surface area contributed by atoms with Crippen LogP contribution in [0.25, 0.3) is 0 Å². The minimum absolute atomic E-state index is 0.0287. The van der Waals surface area contributed by atoms with Crippen molar-refractivity contribution in [3.05, 3.63) is 46.7 Å². The first-order chi connectivity index (χ1) is 7.79. The molecule has 86 valence electrons. The van der Waals surface area contributed by atoms with Gasteiger partial charge in [0.1, 0.15) is 5.76 Å². The maximum absolute atomic E-state index is 5.93. The average molecular weight is 239 g/mol. The van der Waals surface area contributed by atoms with Gasteiger partial charge < -0.3 is 4.74 Å². The van der Waals surface area contributed by atoms with Crippen molar-refractivity contribution >= 4 is 11.6 Å². The van der Waals surface area contributed by atoms with Crippen molar-refractivity contribution in [2.24, 2.45) is 5.84 Å². The van der Waals surface area contributed by atoms with Crippen LogP contribution in [0, 0.1) is 0 Å². The quantitative estimate of drug-likeness (QED) is 0.623. The number of hydrazine groups is 1. The van der Waals surface area contributed by atoms with Gasteiger partial charge in [0.25, 0.3) is 0 Å². The van der Waals surface area contributed by atoms with E-state index in [0.29, 0.717) is 0 Å².